The van der Waals surface area contributed by atoms with Crippen LogP contribution in [0.5, 0.6) is 0 Å². The quantitative estimate of drug-likeness (QED) is 0.796. The molecule has 1 saturated carbocycles. The van der Waals surface area contributed by atoms with E-state index in [1.165, 1.54) is 4.31 Å². The minimum absolute atomic E-state index is 0.129. The predicted octanol–water partition coefficient (Wildman–Crippen LogP) is 2.67. The Morgan fingerprint density at radius 3 is 2.30 bits per heavy atom. The molecule has 0 bridgehead atoms. The van der Waals surface area contributed by atoms with Crippen molar-refractivity contribution in [3.8, 4) is 0 Å². The molecule has 1 aromatic rings. The van der Waals surface area contributed by atoms with Gasteiger partial charge in [-0.15, -0.1) is 0 Å². The molecule has 0 unspecified atom stereocenters. The standard InChI is InChI=1S/C17H23NO4S/c1-13(2)14-5-7-15(8-6-14)23(20,21)18-11-12-22-16(19)17(18)9-3-4-10-17/h5-8,13H,3-4,9-12H2,1-2H3. The molecular weight excluding hydrogens is 314 g/mol. The zero-order valence-electron chi connectivity index (χ0n) is 13.6. The maximum Gasteiger partial charge on any atom is 0.327 e. The van der Waals surface area contributed by atoms with Gasteiger partial charge in [-0.05, 0) is 36.5 Å². The Morgan fingerprint density at radius 1 is 1.13 bits per heavy atom. The number of carbonyl (C=O) groups excluding carboxylic acids is 1. The number of cyclic esters (lactones) is 1. The van der Waals surface area contributed by atoms with Crippen LogP contribution in [0.25, 0.3) is 0 Å². The van der Waals surface area contributed by atoms with Gasteiger partial charge >= 0.3 is 5.97 Å². The number of carbonyl (C=O) groups is 1. The lowest BCUT2D eigenvalue weighted by atomic mass is 9.97. The van der Waals surface area contributed by atoms with E-state index >= 15 is 0 Å². The minimum atomic E-state index is -3.70. The molecular formula is C17H23NO4S. The van der Waals surface area contributed by atoms with Crippen LogP contribution in [0.15, 0.2) is 29.2 Å². The SMILES string of the molecule is CC(C)c1ccc(S(=O)(=O)N2CCOC(=O)C23CCCC3)cc1. The van der Waals surface area contributed by atoms with Crippen LogP contribution in [0, 0.1) is 0 Å². The lowest BCUT2D eigenvalue weighted by Crippen LogP contribution is -2.60. The molecule has 0 N–H and O–H groups in total. The van der Waals surface area contributed by atoms with Gasteiger partial charge in [0.1, 0.15) is 12.1 Å². The molecule has 0 atom stereocenters. The van der Waals surface area contributed by atoms with Crippen LogP contribution in [-0.4, -0.2) is 37.4 Å². The summed E-state index contributed by atoms with van der Waals surface area (Å²) in [5, 5.41) is 0. The topological polar surface area (TPSA) is 63.7 Å². The van der Waals surface area contributed by atoms with E-state index in [1.54, 1.807) is 12.1 Å². The molecule has 126 valence electrons. The van der Waals surface area contributed by atoms with Crippen molar-refractivity contribution in [1.29, 1.82) is 0 Å². The molecule has 1 saturated heterocycles. The van der Waals surface area contributed by atoms with E-state index in [9.17, 15) is 13.2 Å². The number of morpholine rings is 1. The van der Waals surface area contributed by atoms with Crippen molar-refractivity contribution in [3.63, 3.8) is 0 Å². The fourth-order valence-corrected chi connectivity index (χ4v) is 5.35. The Hall–Kier alpha value is -1.40. The summed E-state index contributed by atoms with van der Waals surface area (Å²) < 4.78 is 32.8. The molecule has 1 aliphatic heterocycles. The number of sulfonamides is 1. The van der Waals surface area contributed by atoms with Crippen LogP contribution in [0.3, 0.4) is 0 Å². The third-order valence-electron chi connectivity index (χ3n) is 4.95. The van der Waals surface area contributed by atoms with Gasteiger partial charge < -0.3 is 4.74 Å². The molecule has 1 aliphatic carbocycles. The monoisotopic (exact) mass is 337 g/mol. The molecule has 6 heteroatoms. The number of hydrogen-bond donors (Lipinski definition) is 0. The molecule has 2 fully saturated rings. The Labute approximate surface area is 137 Å². The summed E-state index contributed by atoms with van der Waals surface area (Å²) in [7, 11) is -3.70. The number of nitrogens with zero attached hydrogens (tertiary/aromatic N) is 1. The van der Waals surface area contributed by atoms with E-state index in [-0.39, 0.29) is 24.0 Å². The number of esters is 1. The summed E-state index contributed by atoms with van der Waals surface area (Å²) in [6.07, 6.45) is 2.81. The van der Waals surface area contributed by atoms with Crippen molar-refractivity contribution in [1.82, 2.24) is 4.31 Å². The van der Waals surface area contributed by atoms with Crippen molar-refractivity contribution < 1.29 is 17.9 Å². The van der Waals surface area contributed by atoms with Gasteiger partial charge in [-0.25, -0.2) is 8.42 Å². The number of ether oxygens (including phenoxy) is 1. The van der Waals surface area contributed by atoms with Crippen molar-refractivity contribution in [3.05, 3.63) is 29.8 Å². The van der Waals surface area contributed by atoms with Crippen LogP contribution in [0.2, 0.25) is 0 Å². The summed E-state index contributed by atoms with van der Waals surface area (Å²) in [6, 6.07) is 6.99. The van der Waals surface area contributed by atoms with Crippen molar-refractivity contribution in [2.45, 2.75) is 55.9 Å². The van der Waals surface area contributed by atoms with Gasteiger partial charge in [0.15, 0.2) is 0 Å². The van der Waals surface area contributed by atoms with Crippen molar-refractivity contribution in [2.24, 2.45) is 0 Å². The fourth-order valence-electron chi connectivity index (χ4n) is 3.59. The summed E-state index contributed by atoms with van der Waals surface area (Å²) in [5.41, 5.74) is 0.103. The molecule has 0 aromatic heterocycles. The van der Waals surface area contributed by atoms with Crippen LogP contribution < -0.4 is 0 Å². The van der Waals surface area contributed by atoms with Crippen molar-refractivity contribution >= 4 is 16.0 Å². The minimum Gasteiger partial charge on any atom is -0.463 e. The Bertz CT molecular complexity index is 688. The average molecular weight is 337 g/mol. The van der Waals surface area contributed by atoms with Gasteiger partial charge in [0.25, 0.3) is 0 Å². The smallest absolute Gasteiger partial charge is 0.327 e. The third-order valence-corrected chi connectivity index (χ3v) is 6.93. The highest BCUT2D eigenvalue weighted by Gasteiger charge is 2.54. The van der Waals surface area contributed by atoms with Gasteiger partial charge in [-0.3, -0.25) is 4.79 Å². The first-order valence-corrected chi connectivity index (χ1v) is 9.62. The average Bonchev–Trinajstić information content (AvgIpc) is 3.00. The number of benzene rings is 1. The molecule has 0 radical (unpaired) electrons. The largest absolute Gasteiger partial charge is 0.463 e. The molecule has 23 heavy (non-hydrogen) atoms. The maximum atomic E-state index is 13.1. The first-order valence-electron chi connectivity index (χ1n) is 8.18. The molecule has 2 aliphatic rings. The van der Waals surface area contributed by atoms with E-state index in [4.69, 9.17) is 4.74 Å². The normalized spacial score (nSPS) is 21.8. The van der Waals surface area contributed by atoms with Gasteiger partial charge in [0, 0.05) is 6.54 Å². The maximum absolute atomic E-state index is 13.1. The van der Waals surface area contributed by atoms with Gasteiger partial charge in [-0.1, -0.05) is 38.8 Å². The van der Waals surface area contributed by atoms with E-state index in [1.807, 2.05) is 12.1 Å². The zero-order chi connectivity index (χ0) is 16.7. The van der Waals surface area contributed by atoms with E-state index < -0.39 is 15.6 Å². The summed E-state index contributed by atoms with van der Waals surface area (Å²) >= 11 is 0. The van der Waals surface area contributed by atoms with E-state index in [0.29, 0.717) is 18.8 Å². The first-order chi connectivity index (χ1) is 10.9. The number of hydrogen-bond acceptors (Lipinski definition) is 4. The number of rotatable bonds is 3. The molecule has 1 aromatic carbocycles. The summed E-state index contributed by atoms with van der Waals surface area (Å²) in [6.45, 7) is 4.50. The van der Waals surface area contributed by atoms with Crippen molar-refractivity contribution in [2.75, 3.05) is 13.2 Å². The second-order valence-corrected chi connectivity index (χ2v) is 8.54. The highest BCUT2D eigenvalue weighted by Crippen LogP contribution is 2.41. The molecule has 1 heterocycles. The second-order valence-electron chi connectivity index (χ2n) is 6.68. The van der Waals surface area contributed by atoms with E-state index in [0.717, 1.165) is 18.4 Å². The molecule has 0 amide bonds. The van der Waals surface area contributed by atoms with Crippen LogP contribution in [0.1, 0.15) is 51.0 Å². The Balaban J connectivity index is 1.99. The Morgan fingerprint density at radius 2 is 1.74 bits per heavy atom. The summed E-state index contributed by atoms with van der Waals surface area (Å²) in [4.78, 5) is 12.6. The Kier molecular flexibility index (Phi) is 4.23. The highest BCUT2D eigenvalue weighted by atomic mass is 32.2. The molecule has 3 rings (SSSR count). The third kappa shape index (κ3) is 2.68. The predicted molar refractivity (Wildman–Crippen MR) is 86.6 cm³/mol. The first kappa shape index (κ1) is 16.5. The van der Waals surface area contributed by atoms with Gasteiger partial charge in [-0.2, -0.15) is 4.31 Å². The fraction of sp³-hybridized carbons (Fsp3) is 0.588. The second kappa shape index (κ2) is 5.91. The van der Waals surface area contributed by atoms with Gasteiger partial charge in [0.2, 0.25) is 10.0 Å². The summed E-state index contributed by atoms with van der Waals surface area (Å²) in [5.74, 6) is -0.0403. The van der Waals surface area contributed by atoms with Crippen LogP contribution >= 0.6 is 0 Å². The van der Waals surface area contributed by atoms with Gasteiger partial charge in [0.05, 0.1) is 4.90 Å². The van der Waals surface area contributed by atoms with E-state index in [2.05, 4.69) is 13.8 Å². The highest BCUT2D eigenvalue weighted by molar-refractivity contribution is 7.89. The molecule has 1 spiro atoms. The van der Waals surface area contributed by atoms with Crippen LogP contribution in [0.4, 0.5) is 0 Å². The molecule has 5 nitrogen and oxygen atoms in total. The van der Waals surface area contributed by atoms with Crippen LogP contribution in [-0.2, 0) is 19.6 Å². The lowest BCUT2D eigenvalue weighted by Gasteiger charge is -2.41. The lowest BCUT2D eigenvalue weighted by molar-refractivity contribution is -0.162. The zero-order valence-corrected chi connectivity index (χ0v) is 14.4.